The first-order valence-electron chi connectivity index (χ1n) is 12.1. The standard InChI is InChI=1S/C32H26N4O3/c33-24-11-3-7-20(15-24)18-5-1-9-22(13-18)28-26(31(35)38)17-27(37)29(30(28)32(36)39)23-10-2-6-19(14-23)21-8-4-12-25(34)16-21/h1-17,37H,33-34H2,(H2,35,38)(H2,36,39). The molecule has 0 aliphatic carbocycles. The maximum absolute atomic E-state index is 13.0. The van der Waals surface area contributed by atoms with Gasteiger partial charge in [-0.2, -0.15) is 0 Å². The van der Waals surface area contributed by atoms with Crippen molar-refractivity contribution in [2.75, 3.05) is 11.5 Å². The average Bonchev–Trinajstić information content (AvgIpc) is 2.92. The van der Waals surface area contributed by atoms with Gasteiger partial charge in [-0.3, -0.25) is 9.59 Å². The lowest BCUT2D eigenvalue weighted by molar-refractivity contribution is 0.0999. The Bertz CT molecular complexity index is 1760. The van der Waals surface area contributed by atoms with E-state index < -0.39 is 11.8 Å². The van der Waals surface area contributed by atoms with Gasteiger partial charge < -0.3 is 28.0 Å². The van der Waals surface area contributed by atoms with Crippen LogP contribution in [-0.2, 0) is 0 Å². The van der Waals surface area contributed by atoms with Crippen molar-refractivity contribution in [1.82, 2.24) is 0 Å². The quantitative estimate of drug-likeness (QED) is 0.191. The van der Waals surface area contributed by atoms with Gasteiger partial charge in [0.2, 0.25) is 11.8 Å². The molecule has 0 saturated carbocycles. The minimum atomic E-state index is -0.817. The van der Waals surface area contributed by atoms with Crippen LogP contribution in [0.5, 0.6) is 5.75 Å². The number of anilines is 2. The zero-order chi connectivity index (χ0) is 27.7. The maximum Gasteiger partial charge on any atom is 0.250 e. The first kappa shape index (κ1) is 25.1. The molecule has 5 rings (SSSR count). The molecule has 0 saturated heterocycles. The molecule has 5 aromatic rings. The van der Waals surface area contributed by atoms with Crippen LogP contribution in [-0.4, -0.2) is 16.9 Å². The average molecular weight is 515 g/mol. The van der Waals surface area contributed by atoms with Crippen LogP contribution >= 0.6 is 0 Å². The molecule has 0 fully saturated rings. The summed E-state index contributed by atoms with van der Waals surface area (Å²) in [5.74, 6) is -1.92. The van der Waals surface area contributed by atoms with E-state index in [1.54, 1.807) is 36.4 Å². The number of carbonyl (C=O) groups excluding carboxylic acids is 2. The van der Waals surface area contributed by atoms with Crippen LogP contribution < -0.4 is 22.9 Å². The maximum atomic E-state index is 13.0. The summed E-state index contributed by atoms with van der Waals surface area (Å²) in [4.78, 5) is 25.6. The zero-order valence-electron chi connectivity index (χ0n) is 20.9. The van der Waals surface area contributed by atoms with E-state index in [-0.39, 0.29) is 28.0 Å². The van der Waals surface area contributed by atoms with E-state index >= 15 is 0 Å². The fourth-order valence-electron chi connectivity index (χ4n) is 4.85. The Balaban J connectivity index is 1.77. The summed E-state index contributed by atoms with van der Waals surface area (Å²) in [6.45, 7) is 0. The number of amides is 2. The highest BCUT2D eigenvalue weighted by molar-refractivity contribution is 6.13. The van der Waals surface area contributed by atoms with Gasteiger partial charge in [-0.1, -0.05) is 60.7 Å². The smallest absolute Gasteiger partial charge is 0.250 e. The van der Waals surface area contributed by atoms with Gasteiger partial charge in [0.15, 0.2) is 0 Å². The van der Waals surface area contributed by atoms with Crippen LogP contribution in [0.25, 0.3) is 44.5 Å². The number of hydrogen-bond acceptors (Lipinski definition) is 5. The van der Waals surface area contributed by atoms with Crippen LogP contribution in [0.1, 0.15) is 20.7 Å². The highest BCUT2D eigenvalue weighted by Gasteiger charge is 2.26. The number of primary amides is 2. The highest BCUT2D eigenvalue weighted by Crippen LogP contribution is 2.42. The molecule has 0 aromatic heterocycles. The van der Waals surface area contributed by atoms with Gasteiger partial charge in [-0.05, 0) is 75.8 Å². The molecule has 7 nitrogen and oxygen atoms in total. The van der Waals surface area contributed by atoms with Crippen LogP contribution in [0.4, 0.5) is 11.4 Å². The molecule has 9 N–H and O–H groups in total. The van der Waals surface area contributed by atoms with Gasteiger partial charge in [0.1, 0.15) is 5.75 Å². The molecule has 0 atom stereocenters. The Hall–Kier alpha value is -5.56. The topological polar surface area (TPSA) is 158 Å². The Labute approximate surface area is 225 Å². The van der Waals surface area contributed by atoms with Crippen molar-refractivity contribution in [2.24, 2.45) is 11.5 Å². The summed E-state index contributed by atoms with van der Waals surface area (Å²) in [7, 11) is 0. The van der Waals surface area contributed by atoms with Crippen LogP contribution in [0.3, 0.4) is 0 Å². The van der Waals surface area contributed by atoms with E-state index in [1.807, 2.05) is 60.7 Å². The fourth-order valence-corrected chi connectivity index (χ4v) is 4.85. The van der Waals surface area contributed by atoms with Crippen molar-refractivity contribution in [1.29, 1.82) is 0 Å². The second-order valence-electron chi connectivity index (χ2n) is 9.21. The number of aromatic hydroxyl groups is 1. The third kappa shape index (κ3) is 4.89. The van der Waals surface area contributed by atoms with Crippen molar-refractivity contribution in [3.05, 3.63) is 114 Å². The summed E-state index contributed by atoms with van der Waals surface area (Å²) < 4.78 is 0. The third-order valence-corrected chi connectivity index (χ3v) is 6.56. The number of phenols is 1. The summed E-state index contributed by atoms with van der Waals surface area (Å²) in [6.07, 6.45) is 0. The van der Waals surface area contributed by atoms with Gasteiger partial charge in [-0.25, -0.2) is 0 Å². The first-order chi connectivity index (χ1) is 18.7. The van der Waals surface area contributed by atoms with Crippen LogP contribution in [0.15, 0.2) is 103 Å². The van der Waals surface area contributed by atoms with Gasteiger partial charge in [-0.15, -0.1) is 0 Å². The molecule has 2 amide bonds. The normalized spacial score (nSPS) is 10.8. The van der Waals surface area contributed by atoms with Crippen molar-refractivity contribution in [2.45, 2.75) is 0 Å². The van der Waals surface area contributed by atoms with E-state index in [0.29, 0.717) is 22.5 Å². The second kappa shape index (κ2) is 10.1. The molecule has 0 spiro atoms. The Morgan fingerprint density at radius 2 is 0.923 bits per heavy atom. The van der Waals surface area contributed by atoms with Crippen LogP contribution in [0.2, 0.25) is 0 Å². The van der Waals surface area contributed by atoms with E-state index in [9.17, 15) is 14.7 Å². The number of nitrogens with two attached hydrogens (primary N) is 4. The van der Waals surface area contributed by atoms with E-state index in [0.717, 1.165) is 22.3 Å². The van der Waals surface area contributed by atoms with Crippen molar-refractivity contribution < 1.29 is 14.7 Å². The van der Waals surface area contributed by atoms with E-state index in [1.165, 1.54) is 6.07 Å². The van der Waals surface area contributed by atoms with E-state index in [2.05, 4.69) is 0 Å². The number of benzene rings is 5. The first-order valence-corrected chi connectivity index (χ1v) is 12.1. The molecule has 5 aromatic carbocycles. The Kier molecular flexibility index (Phi) is 6.48. The lowest BCUT2D eigenvalue weighted by Gasteiger charge is -2.19. The Morgan fingerprint density at radius 3 is 1.36 bits per heavy atom. The molecule has 0 radical (unpaired) electrons. The second-order valence-corrected chi connectivity index (χ2v) is 9.21. The Morgan fingerprint density at radius 1 is 0.513 bits per heavy atom. The fraction of sp³-hybridized carbons (Fsp3) is 0. The summed E-state index contributed by atoms with van der Waals surface area (Å²) in [5, 5.41) is 11.1. The summed E-state index contributed by atoms with van der Waals surface area (Å²) in [6, 6.07) is 30.6. The molecule has 0 unspecified atom stereocenters. The van der Waals surface area contributed by atoms with Gasteiger partial charge >= 0.3 is 0 Å². The molecular weight excluding hydrogens is 488 g/mol. The molecule has 0 aliphatic heterocycles. The third-order valence-electron chi connectivity index (χ3n) is 6.56. The summed E-state index contributed by atoms with van der Waals surface area (Å²) >= 11 is 0. The number of hydrogen-bond donors (Lipinski definition) is 5. The number of nitrogen functional groups attached to an aromatic ring is 2. The van der Waals surface area contributed by atoms with Crippen molar-refractivity contribution in [3.63, 3.8) is 0 Å². The molecule has 0 heterocycles. The van der Waals surface area contributed by atoms with Crippen molar-refractivity contribution >= 4 is 23.2 Å². The summed E-state index contributed by atoms with van der Waals surface area (Å²) in [5.41, 5.74) is 29.6. The largest absolute Gasteiger partial charge is 0.507 e. The van der Waals surface area contributed by atoms with Crippen molar-refractivity contribution in [3.8, 4) is 50.3 Å². The molecular formula is C32H26N4O3. The zero-order valence-corrected chi connectivity index (χ0v) is 20.9. The van der Waals surface area contributed by atoms with Gasteiger partial charge in [0.25, 0.3) is 0 Å². The molecule has 0 bridgehead atoms. The molecule has 0 aliphatic rings. The predicted molar refractivity (Wildman–Crippen MR) is 156 cm³/mol. The minimum absolute atomic E-state index is 0.0155. The molecule has 192 valence electrons. The SMILES string of the molecule is NC(=O)c1cc(O)c(-c2cccc(-c3cccc(N)c3)c2)c(C(N)=O)c1-c1cccc(-c2cccc(N)c2)c1. The minimum Gasteiger partial charge on any atom is -0.507 e. The van der Waals surface area contributed by atoms with Gasteiger partial charge in [0, 0.05) is 22.5 Å². The molecule has 7 heteroatoms. The van der Waals surface area contributed by atoms with Crippen LogP contribution in [0, 0.1) is 0 Å². The number of rotatable bonds is 6. The lowest BCUT2D eigenvalue weighted by atomic mass is 9.85. The lowest BCUT2D eigenvalue weighted by Crippen LogP contribution is -2.19. The predicted octanol–water partition coefficient (Wildman–Crippen LogP) is 5.42. The number of carbonyl (C=O) groups is 2. The monoisotopic (exact) mass is 514 g/mol. The number of phenolic OH excluding ortho intramolecular Hbond substituents is 1. The molecule has 39 heavy (non-hydrogen) atoms. The van der Waals surface area contributed by atoms with Gasteiger partial charge in [0.05, 0.1) is 11.1 Å². The highest BCUT2D eigenvalue weighted by atomic mass is 16.3. The van der Waals surface area contributed by atoms with E-state index in [4.69, 9.17) is 22.9 Å².